The molecule has 0 bridgehead atoms. The van der Waals surface area contributed by atoms with Gasteiger partial charge in [0.1, 0.15) is 4.60 Å². The van der Waals surface area contributed by atoms with Crippen molar-refractivity contribution in [3.8, 4) is 0 Å². The van der Waals surface area contributed by atoms with Gasteiger partial charge in [-0.05, 0) is 27.0 Å². The molecule has 0 aliphatic heterocycles. The lowest BCUT2D eigenvalue weighted by Gasteiger charge is -2.27. The van der Waals surface area contributed by atoms with Crippen LogP contribution in [0.25, 0.3) is 0 Å². The van der Waals surface area contributed by atoms with Crippen molar-refractivity contribution in [2.24, 2.45) is 0 Å². The monoisotopic (exact) mass is 319 g/mol. The molecule has 5 heteroatoms. The van der Waals surface area contributed by atoms with E-state index in [-0.39, 0.29) is 15.5 Å². The molecule has 96 valence electrons. The van der Waals surface area contributed by atoms with Crippen LogP contribution in [-0.2, 0) is 11.3 Å². The Morgan fingerprint density at radius 1 is 1.47 bits per heavy atom. The molecule has 17 heavy (non-hydrogen) atoms. The summed E-state index contributed by atoms with van der Waals surface area (Å²) < 4.78 is 19.5. The first-order chi connectivity index (χ1) is 7.84. The van der Waals surface area contributed by atoms with Gasteiger partial charge in [0, 0.05) is 27.2 Å². The zero-order chi connectivity index (χ0) is 13.1. The number of pyridine rings is 1. The van der Waals surface area contributed by atoms with Gasteiger partial charge in [-0.1, -0.05) is 26.9 Å². The zero-order valence-electron chi connectivity index (χ0n) is 10.8. The van der Waals surface area contributed by atoms with E-state index in [0.717, 1.165) is 0 Å². The summed E-state index contributed by atoms with van der Waals surface area (Å²) in [5, 5.41) is 0.237. The lowest BCUT2D eigenvalue weighted by molar-refractivity contribution is 0.0984. The smallest absolute Gasteiger partial charge is 0.161 e. The molecule has 0 radical (unpaired) electrons. The number of hydrogen-bond donors (Lipinski definition) is 0. The molecule has 0 unspecified atom stereocenters. The first-order valence-corrected chi connectivity index (χ1v) is 9.39. The molecule has 0 aromatic carbocycles. The maximum Gasteiger partial charge on any atom is 0.161 e. The van der Waals surface area contributed by atoms with E-state index in [9.17, 15) is 4.39 Å². The van der Waals surface area contributed by atoms with Crippen molar-refractivity contribution in [2.75, 3.05) is 6.61 Å². The molecular formula is C12H19BrFNOSi. The predicted molar refractivity (Wildman–Crippen MR) is 74.5 cm³/mol. The summed E-state index contributed by atoms with van der Waals surface area (Å²) in [6.45, 7) is 10.00. The van der Waals surface area contributed by atoms with Crippen molar-refractivity contribution in [3.05, 3.63) is 28.2 Å². The van der Waals surface area contributed by atoms with Gasteiger partial charge in [-0.15, -0.1) is 0 Å². The minimum absolute atomic E-state index is 0.237. The van der Waals surface area contributed by atoms with Crippen LogP contribution in [0.4, 0.5) is 4.39 Å². The van der Waals surface area contributed by atoms with Gasteiger partial charge in [-0.2, -0.15) is 0 Å². The van der Waals surface area contributed by atoms with Crippen LogP contribution in [0.15, 0.2) is 16.9 Å². The zero-order valence-corrected chi connectivity index (χ0v) is 13.5. The third kappa shape index (κ3) is 4.15. The van der Waals surface area contributed by atoms with Crippen molar-refractivity contribution in [1.29, 1.82) is 0 Å². The van der Waals surface area contributed by atoms with Crippen molar-refractivity contribution < 1.29 is 9.13 Å². The Bertz CT molecular complexity index is 385. The van der Waals surface area contributed by atoms with Crippen LogP contribution in [0.2, 0.25) is 18.1 Å². The van der Waals surface area contributed by atoms with Gasteiger partial charge in [-0.3, -0.25) is 0 Å². The summed E-state index contributed by atoms with van der Waals surface area (Å²) in [7, 11) is -0.768. The highest BCUT2D eigenvalue weighted by Gasteiger charge is 2.23. The van der Waals surface area contributed by atoms with Crippen molar-refractivity contribution >= 4 is 24.7 Å². The van der Waals surface area contributed by atoms with Crippen LogP contribution in [0.1, 0.15) is 19.4 Å². The van der Waals surface area contributed by atoms with Gasteiger partial charge in [0.25, 0.3) is 0 Å². The molecule has 1 aromatic heterocycles. The van der Waals surface area contributed by atoms with Crippen LogP contribution >= 0.6 is 15.9 Å². The van der Waals surface area contributed by atoms with E-state index in [4.69, 9.17) is 4.74 Å². The Morgan fingerprint density at radius 2 is 2.12 bits per heavy atom. The van der Waals surface area contributed by atoms with Crippen LogP contribution in [-0.4, -0.2) is 20.4 Å². The molecule has 0 fully saturated rings. The summed E-state index contributed by atoms with van der Waals surface area (Å²) in [6.07, 6.45) is 1.58. The molecule has 0 atom stereocenters. The minimum atomic E-state index is -0.768. The second-order valence-electron chi connectivity index (χ2n) is 5.21. The lowest BCUT2D eigenvalue weighted by atomic mass is 10.2. The van der Waals surface area contributed by atoms with Crippen LogP contribution in [0.3, 0.4) is 0 Å². The normalized spacial score (nSPS) is 12.2. The topological polar surface area (TPSA) is 22.1 Å². The number of aromatic nitrogens is 1. The first-order valence-electron chi connectivity index (χ1n) is 5.71. The Morgan fingerprint density at radius 3 is 2.71 bits per heavy atom. The van der Waals surface area contributed by atoms with E-state index in [1.165, 1.54) is 0 Å². The quantitative estimate of drug-likeness (QED) is 0.609. The predicted octanol–water partition coefficient (Wildman–Crippen LogP) is 3.77. The Hall–Kier alpha value is -0.263. The summed E-state index contributed by atoms with van der Waals surface area (Å²) in [6, 6.07) is 1.65. The van der Waals surface area contributed by atoms with Crippen molar-refractivity contribution in [2.45, 2.75) is 38.6 Å². The fraction of sp³-hybridized carbons (Fsp3) is 0.583. The van der Waals surface area contributed by atoms with E-state index < -0.39 is 8.80 Å². The number of rotatable bonds is 5. The van der Waals surface area contributed by atoms with Crippen LogP contribution in [0, 0.1) is 5.82 Å². The van der Waals surface area contributed by atoms with Crippen molar-refractivity contribution in [3.63, 3.8) is 0 Å². The standard InChI is InChI=1S/C12H19BrFNOSi/c1-12(2,17(3)4)8-16-7-9-5-6-15-11(13)10(9)14/h5-6,17H,7-8H2,1-4H3. The van der Waals surface area contributed by atoms with Gasteiger partial charge in [0.15, 0.2) is 5.82 Å². The van der Waals surface area contributed by atoms with Crippen LogP contribution in [0.5, 0.6) is 0 Å². The molecule has 0 aliphatic rings. The summed E-state index contributed by atoms with van der Waals surface area (Å²) in [4.78, 5) is 3.82. The van der Waals surface area contributed by atoms with E-state index in [0.29, 0.717) is 18.8 Å². The van der Waals surface area contributed by atoms with E-state index in [1.54, 1.807) is 12.3 Å². The summed E-state index contributed by atoms with van der Waals surface area (Å²) in [5.41, 5.74) is 0.549. The molecule has 1 heterocycles. The number of hydrogen-bond acceptors (Lipinski definition) is 2. The maximum absolute atomic E-state index is 13.6. The summed E-state index contributed by atoms with van der Waals surface area (Å²) in [5.74, 6) is -0.327. The lowest BCUT2D eigenvalue weighted by Crippen LogP contribution is -2.26. The average molecular weight is 320 g/mol. The largest absolute Gasteiger partial charge is 0.376 e. The van der Waals surface area contributed by atoms with E-state index in [2.05, 4.69) is 47.9 Å². The molecule has 0 spiro atoms. The van der Waals surface area contributed by atoms with Gasteiger partial charge >= 0.3 is 0 Å². The average Bonchev–Trinajstić information content (AvgIpc) is 2.24. The Balaban J connectivity index is 2.55. The second kappa shape index (κ2) is 6.07. The number of halogens is 2. The highest BCUT2D eigenvalue weighted by Crippen LogP contribution is 2.29. The molecule has 0 N–H and O–H groups in total. The Kier molecular flexibility index (Phi) is 5.28. The third-order valence-electron chi connectivity index (χ3n) is 3.22. The Labute approximate surface area is 112 Å². The maximum atomic E-state index is 13.6. The fourth-order valence-electron chi connectivity index (χ4n) is 1.16. The molecule has 1 aromatic rings. The molecule has 0 saturated carbocycles. The second-order valence-corrected chi connectivity index (χ2v) is 9.83. The van der Waals surface area contributed by atoms with Crippen LogP contribution < -0.4 is 0 Å². The minimum Gasteiger partial charge on any atom is -0.376 e. The SMILES string of the molecule is C[SiH](C)C(C)(C)COCc1ccnc(Br)c1F. The van der Waals surface area contributed by atoms with Gasteiger partial charge in [-0.25, -0.2) is 9.37 Å². The van der Waals surface area contributed by atoms with Gasteiger partial charge in [0.05, 0.1) is 6.61 Å². The van der Waals surface area contributed by atoms with Gasteiger partial charge < -0.3 is 4.74 Å². The number of nitrogens with zero attached hydrogens (tertiary/aromatic N) is 1. The van der Waals surface area contributed by atoms with Crippen molar-refractivity contribution in [1.82, 2.24) is 4.98 Å². The van der Waals surface area contributed by atoms with Gasteiger partial charge in [0.2, 0.25) is 0 Å². The fourth-order valence-corrected chi connectivity index (χ4v) is 1.98. The third-order valence-corrected chi connectivity index (χ3v) is 7.07. The van der Waals surface area contributed by atoms with E-state index in [1.807, 2.05) is 0 Å². The molecule has 0 aliphatic carbocycles. The molecule has 1 rings (SSSR count). The molecule has 2 nitrogen and oxygen atoms in total. The molecule has 0 saturated heterocycles. The number of ether oxygens (including phenoxy) is 1. The highest BCUT2D eigenvalue weighted by atomic mass is 79.9. The summed E-state index contributed by atoms with van der Waals surface area (Å²) >= 11 is 3.07. The molecular weight excluding hydrogens is 301 g/mol. The first kappa shape index (κ1) is 14.8. The van der Waals surface area contributed by atoms with E-state index >= 15 is 0 Å². The highest BCUT2D eigenvalue weighted by molar-refractivity contribution is 9.10. The molecule has 0 amide bonds.